The van der Waals surface area contributed by atoms with Gasteiger partial charge in [-0.2, -0.15) is 0 Å². The first-order valence-electron chi connectivity index (χ1n) is 33.0. The maximum Gasteiger partial charge on any atom is 0.361 e. The first kappa shape index (κ1) is 75.0. The lowest BCUT2D eigenvalue weighted by atomic mass is 10.0. The highest BCUT2D eigenvalue weighted by Crippen LogP contribution is 2.18. The van der Waals surface area contributed by atoms with Crippen molar-refractivity contribution < 1.29 is 42.9 Å². The third kappa shape index (κ3) is 60.6. The van der Waals surface area contributed by atoms with Crippen LogP contribution in [0.15, 0.2) is 60.8 Å². The van der Waals surface area contributed by atoms with E-state index in [2.05, 4.69) is 74.6 Å². The molecule has 1 N–H and O–H groups in total. The van der Waals surface area contributed by atoms with Gasteiger partial charge in [-0.15, -0.1) is 0 Å². The molecule has 454 valence electrons. The third-order valence-corrected chi connectivity index (χ3v) is 14.5. The van der Waals surface area contributed by atoms with Crippen LogP contribution in [0, 0.1) is 0 Å². The molecule has 2 unspecified atom stereocenters. The van der Waals surface area contributed by atoms with Gasteiger partial charge in [-0.1, -0.05) is 293 Å². The first-order valence-corrected chi connectivity index (χ1v) is 33.0. The highest BCUT2D eigenvalue weighted by atomic mass is 16.7. The molecule has 0 radical (unpaired) electrons. The van der Waals surface area contributed by atoms with Crippen molar-refractivity contribution in [3.05, 3.63) is 60.8 Å². The lowest BCUT2D eigenvalue weighted by Gasteiger charge is -2.25. The maximum atomic E-state index is 12.9. The fourth-order valence-corrected chi connectivity index (χ4v) is 9.51. The van der Waals surface area contributed by atoms with Gasteiger partial charge in [0.1, 0.15) is 13.2 Å². The summed E-state index contributed by atoms with van der Waals surface area (Å²) in [6.07, 6.45) is 74.9. The number of carboxylic acid groups (broad SMARTS) is 1. The molecule has 2 atom stereocenters. The third-order valence-electron chi connectivity index (χ3n) is 14.5. The summed E-state index contributed by atoms with van der Waals surface area (Å²) in [5.41, 5.74) is 0. The Hall–Kier alpha value is -3.01. The summed E-state index contributed by atoms with van der Waals surface area (Å²) in [7, 11) is 5.98. The fraction of sp³-hybridized carbons (Fsp3) is 0.812. The first-order chi connectivity index (χ1) is 38.1. The molecule has 0 rings (SSSR count). The number of allylic oxidation sites excluding steroid dienone is 10. The number of quaternary nitrogens is 1. The molecule has 0 saturated carbocycles. The molecule has 0 aliphatic carbocycles. The number of hydrogen-bond donors (Lipinski definition) is 1. The van der Waals surface area contributed by atoms with E-state index in [9.17, 15) is 19.5 Å². The van der Waals surface area contributed by atoms with E-state index in [0.29, 0.717) is 17.4 Å². The Kier molecular flexibility index (Phi) is 57.8. The van der Waals surface area contributed by atoms with Crippen molar-refractivity contribution in [3.63, 3.8) is 0 Å². The number of rotatable bonds is 61. The van der Waals surface area contributed by atoms with Crippen LogP contribution in [0.3, 0.4) is 0 Å². The number of unbranched alkanes of at least 4 members (excludes halogenated alkanes) is 36. The SMILES string of the molecule is CC/C=C\C/C=C\C/C=C\C/C=C\C/C=C\CCCCCCCCCCCCCCCCCCCCCCCCCCCC(=O)OC(COC(=O)CCCCCCCCCCCCCC)COC(OCC[N+](C)(C)C)C(=O)O. The van der Waals surface area contributed by atoms with Gasteiger partial charge in [-0.25, -0.2) is 4.79 Å². The van der Waals surface area contributed by atoms with E-state index in [0.717, 1.165) is 70.6 Å². The van der Waals surface area contributed by atoms with Crippen LogP contribution >= 0.6 is 0 Å². The fourth-order valence-electron chi connectivity index (χ4n) is 9.51. The second kappa shape index (κ2) is 60.1. The van der Waals surface area contributed by atoms with Crippen LogP contribution in [0.5, 0.6) is 0 Å². The second-order valence-corrected chi connectivity index (χ2v) is 23.4. The van der Waals surface area contributed by atoms with Gasteiger partial charge in [-0.3, -0.25) is 9.59 Å². The van der Waals surface area contributed by atoms with Crippen LogP contribution in [0.4, 0.5) is 0 Å². The highest BCUT2D eigenvalue weighted by molar-refractivity contribution is 5.71. The van der Waals surface area contributed by atoms with Crippen LogP contribution in [0.1, 0.15) is 303 Å². The van der Waals surface area contributed by atoms with Crippen molar-refractivity contribution in [1.29, 1.82) is 0 Å². The van der Waals surface area contributed by atoms with E-state index in [1.54, 1.807) is 0 Å². The number of esters is 2. The predicted octanol–water partition coefficient (Wildman–Crippen LogP) is 20.0. The van der Waals surface area contributed by atoms with Crippen molar-refractivity contribution >= 4 is 17.9 Å². The average Bonchev–Trinajstić information content (AvgIpc) is 3.41. The van der Waals surface area contributed by atoms with Gasteiger partial charge >= 0.3 is 17.9 Å². The van der Waals surface area contributed by atoms with E-state index in [1.807, 2.05) is 21.1 Å². The van der Waals surface area contributed by atoms with Gasteiger partial charge in [0.25, 0.3) is 6.29 Å². The van der Waals surface area contributed by atoms with Crippen LogP contribution in [-0.4, -0.2) is 87.4 Å². The van der Waals surface area contributed by atoms with Crippen LogP contribution in [0.2, 0.25) is 0 Å². The summed E-state index contributed by atoms with van der Waals surface area (Å²) in [4.78, 5) is 37.4. The number of aliphatic carboxylic acids is 1. The van der Waals surface area contributed by atoms with Crippen molar-refractivity contribution in [1.82, 2.24) is 0 Å². The topological polar surface area (TPSA) is 108 Å². The maximum absolute atomic E-state index is 12.9. The van der Waals surface area contributed by atoms with Crippen molar-refractivity contribution in [3.8, 4) is 0 Å². The minimum absolute atomic E-state index is 0.176. The Bertz CT molecular complexity index is 1460. The molecular weight excluding hydrogens is 971 g/mol. The van der Waals surface area contributed by atoms with Gasteiger partial charge in [0.05, 0.1) is 34.4 Å². The molecule has 9 nitrogen and oxygen atoms in total. The monoisotopic (exact) mass is 1100 g/mol. The molecule has 0 fully saturated rings. The van der Waals surface area contributed by atoms with E-state index in [1.165, 1.54) is 205 Å². The highest BCUT2D eigenvalue weighted by Gasteiger charge is 2.25. The van der Waals surface area contributed by atoms with Crippen molar-refractivity contribution in [2.45, 2.75) is 315 Å². The average molecular weight is 1100 g/mol. The number of carbonyl (C=O) groups is 3. The molecule has 0 amide bonds. The summed E-state index contributed by atoms with van der Waals surface area (Å²) < 4.78 is 22.9. The number of ether oxygens (including phenoxy) is 4. The number of hydrogen-bond acceptors (Lipinski definition) is 7. The number of likely N-dealkylation sites (N-methyl/N-ethyl adjacent to an activating group) is 1. The molecule has 0 heterocycles. The minimum Gasteiger partial charge on any atom is -0.477 e. The molecule has 9 heteroatoms. The molecule has 78 heavy (non-hydrogen) atoms. The molecule has 0 aromatic heterocycles. The second-order valence-electron chi connectivity index (χ2n) is 23.4. The Morgan fingerprint density at radius 3 is 1.09 bits per heavy atom. The molecule has 0 aliphatic heterocycles. The van der Waals surface area contributed by atoms with Crippen LogP contribution < -0.4 is 0 Å². The van der Waals surface area contributed by atoms with Gasteiger partial charge in [0.15, 0.2) is 6.10 Å². The largest absolute Gasteiger partial charge is 0.477 e. The lowest BCUT2D eigenvalue weighted by molar-refractivity contribution is -0.870. The Morgan fingerprint density at radius 1 is 0.397 bits per heavy atom. The molecule has 0 spiro atoms. The standard InChI is InChI=1S/C69H125NO8/c1-6-8-10-12-14-16-18-20-21-22-23-24-25-26-27-28-29-30-31-32-33-34-35-36-37-38-39-40-41-42-43-44-45-46-47-48-50-52-54-56-58-60-67(72)78-65(64-77-69(68(73)74)75-62-61-70(3,4)5)63-76-66(71)59-57-55-53-51-49-19-17-15-13-11-9-7-2/h8,10,14,16,20-21,23-24,26-27,65,69H,6-7,9,11-13,15,17-19,22,25,28-64H2,1-5H3/p+1/b10-8-,16-14-,21-20-,24-23-,27-26-. The van der Waals surface area contributed by atoms with E-state index < -0.39 is 18.4 Å². The van der Waals surface area contributed by atoms with Gasteiger partial charge in [0.2, 0.25) is 0 Å². The molecular formula is C69H126NO8+. The zero-order valence-corrected chi connectivity index (χ0v) is 51.8. The molecule has 0 aromatic carbocycles. The van der Waals surface area contributed by atoms with Crippen molar-refractivity contribution in [2.75, 3.05) is 47.5 Å². The van der Waals surface area contributed by atoms with E-state index in [4.69, 9.17) is 18.9 Å². The smallest absolute Gasteiger partial charge is 0.361 e. The molecule has 0 aromatic rings. The van der Waals surface area contributed by atoms with Gasteiger partial charge in [-0.05, 0) is 57.8 Å². The normalized spacial score (nSPS) is 13.1. The Balaban J connectivity index is 3.89. The Morgan fingerprint density at radius 2 is 0.731 bits per heavy atom. The molecule has 0 saturated heterocycles. The molecule has 0 aliphatic rings. The summed E-state index contributed by atoms with van der Waals surface area (Å²) in [5, 5.41) is 9.70. The number of nitrogens with zero attached hydrogens (tertiary/aromatic N) is 1. The van der Waals surface area contributed by atoms with Crippen LogP contribution in [0.25, 0.3) is 0 Å². The van der Waals surface area contributed by atoms with Crippen LogP contribution in [-0.2, 0) is 33.3 Å². The molecule has 0 bridgehead atoms. The summed E-state index contributed by atoms with van der Waals surface area (Å²) in [5.74, 6) is -1.99. The summed E-state index contributed by atoms with van der Waals surface area (Å²) in [6, 6.07) is 0. The van der Waals surface area contributed by atoms with E-state index in [-0.39, 0.29) is 38.2 Å². The quantitative estimate of drug-likeness (QED) is 0.0211. The summed E-state index contributed by atoms with van der Waals surface area (Å²) in [6.45, 7) is 4.79. The lowest BCUT2D eigenvalue weighted by Crippen LogP contribution is -2.40. The Labute approximate surface area is 482 Å². The minimum atomic E-state index is -1.51. The van der Waals surface area contributed by atoms with Gasteiger partial charge in [0, 0.05) is 12.8 Å². The zero-order chi connectivity index (χ0) is 56.9. The van der Waals surface area contributed by atoms with E-state index >= 15 is 0 Å². The predicted molar refractivity (Wildman–Crippen MR) is 332 cm³/mol. The summed E-state index contributed by atoms with van der Waals surface area (Å²) >= 11 is 0. The van der Waals surface area contributed by atoms with Crippen molar-refractivity contribution in [2.24, 2.45) is 0 Å². The number of carbonyl (C=O) groups excluding carboxylic acids is 2. The van der Waals surface area contributed by atoms with Gasteiger partial charge < -0.3 is 28.5 Å². The zero-order valence-electron chi connectivity index (χ0n) is 51.8. The number of carboxylic acids is 1.